The number of carbonyl (C=O) groups excluding carboxylic acids is 2. The second kappa shape index (κ2) is 5.98. The molecule has 92 valence electrons. The van der Waals surface area contributed by atoms with Crippen molar-refractivity contribution in [3.63, 3.8) is 0 Å². The fraction of sp³-hybridized carbons (Fsp3) is 0.333. The predicted octanol–water partition coefficient (Wildman–Crippen LogP) is 1.43. The zero-order valence-corrected chi connectivity index (χ0v) is 9.75. The van der Waals surface area contributed by atoms with Crippen LogP contribution in [0.1, 0.15) is 22.8 Å². The van der Waals surface area contributed by atoms with Crippen molar-refractivity contribution in [2.45, 2.75) is 13.8 Å². The molecule has 0 radical (unpaired) electrons. The third-order valence-corrected chi connectivity index (χ3v) is 2.07. The van der Waals surface area contributed by atoms with E-state index in [1.165, 1.54) is 12.1 Å². The maximum atomic E-state index is 13.4. The number of ether oxygens (including phenoxy) is 1. The predicted molar refractivity (Wildman–Crippen MR) is 60.1 cm³/mol. The molecule has 1 N–H and O–H groups in total. The molecule has 5 heteroatoms. The standard InChI is InChI=1S/C12H14FNO3/c1-3-17-11(15)7-14-12(16)9-5-4-8(2)6-10(9)13/h4-6H,3,7H2,1-2H3,(H,14,16). The van der Waals surface area contributed by atoms with Gasteiger partial charge < -0.3 is 10.1 Å². The molecule has 0 spiro atoms. The lowest BCUT2D eigenvalue weighted by atomic mass is 10.1. The number of hydrogen-bond donors (Lipinski definition) is 1. The number of rotatable bonds is 4. The summed E-state index contributed by atoms with van der Waals surface area (Å²) in [6, 6.07) is 4.27. The van der Waals surface area contributed by atoms with E-state index >= 15 is 0 Å². The topological polar surface area (TPSA) is 55.4 Å². The first-order valence-corrected chi connectivity index (χ1v) is 5.24. The number of carbonyl (C=O) groups is 2. The first kappa shape index (κ1) is 13.2. The van der Waals surface area contributed by atoms with Crippen LogP contribution in [0.15, 0.2) is 18.2 Å². The Morgan fingerprint density at radius 3 is 2.71 bits per heavy atom. The highest BCUT2D eigenvalue weighted by Crippen LogP contribution is 2.09. The van der Waals surface area contributed by atoms with E-state index in [0.29, 0.717) is 0 Å². The lowest BCUT2D eigenvalue weighted by Crippen LogP contribution is -2.31. The van der Waals surface area contributed by atoms with Crippen LogP contribution in [-0.4, -0.2) is 25.0 Å². The quantitative estimate of drug-likeness (QED) is 0.808. The van der Waals surface area contributed by atoms with Crippen LogP contribution in [0.3, 0.4) is 0 Å². The van der Waals surface area contributed by atoms with Gasteiger partial charge in [-0.2, -0.15) is 0 Å². The monoisotopic (exact) mass is 239 g/mol. The second-order valence-corrected chi connectivity index (χ2v) is 3.47. The highest BCUT2D eigenvalue weighted by Gasteiger charge is 2.12. The summed E-state index contributed by atoms with van der Waals surface area (Å²) in [5.41, 5.74) is 0.643. The number of benzene rings is 1. The Bertz CT molecular complexity index is 432. The van der Waals surface area contributed by atoms with Crippen molar-refractivity contribution < 1.29 is 18.7 Å². The normalized spacial score (nSPS) is 9.82. The van der Waals surface area contributed by atoms with Gasteiger partial charge in [-0.1, -0.05) is 6.07 Å². The Kier molecular flexibility index (Phi) is 4.63. The highest BCUT2D eigenvalue weighted by molar-refractivity contribution is 5.96. The Morgan fingerprint density at radius 1 is 1.41 bits per heavy atom. The van der Waals surface area contributed by atoms with Gasteiger partial charge >= 0.3 is 5.97 Å². The summed E-state index contributed by atoms with van der Waals surface area (Å²) in [6.45, 7) is 3.37. The lowest BCUT2D eigenvalue weighted by Gasteiger charge is -2.06. The number of aryl methyl sites for hydroxylation is 1. The van der Waals surface area contributed by atoms with Crippen molar-refractivity contribution in [3.8, 4) is 0 Å². The van der Waals surface area contributed by atoms with E-state index in [9.17, 15) is 14.0 Å². The lowest BCUT2D eigenvalue weighted by molar-refractivity contribution is -0.141. The average Bonchev–Trinajstić information content (AvgIpc) is 2.26. The van der Waals surface area contributed by atoms with Crippen LogP contribution in [0.25, 0.3) is 0 Å². The van der Waals surface area contributed by atoms with E-state index in [1.807, 2.05) is 0 Å². The zero-order valence-electron chi connectivity index (χ0n) is 9.75. The molecule has 0 saturated heterocycles. The largest absolute Gasteiger partial charge is 0.465 e. The molecule has 0 fully saturated rings. The number of esters is 1. The number of hydrogen-bond acceptors (Lipinski definition) is 3. The minimum absolute atomic E-state index is 0.0834. The van der Waals surface area contributed by atoms with Gasteiger partial charge in [0.1, 0.15) is 12.4 Å². The molecule has 0 aliphatic rings. The molecule has 1 aromatic carbocycles. The third kappa shape index (κ3) is 3.86. The minimum Gasteiger partial charge on any atom is -0.465 e. The Hall–Kier alpha value is -1.91. The van der Waals surface area contributed by atoms with Gasteiger partial charge in [-0.05, 0) is 31.5 Å². The van der Waals surface area contributed by atoms with Gasteiger partial charge in [0.05, 0.1) is 12.2 Å². The number of halogens is 1. The molecule has 1 aromatic rings. The molecule has 0 bridgehead atoms. The Morgan fingerprint density at radius 2 is 2.12 bits per heavy atom. The van der Waals surface area contributed by atoms with Crippen LogP contribution in [0.5, 0.6) is 0 Å². The molecule has 4 nitrogen and oxygen atoms in total. The molecular formula is C12H14FNO3. The fourth-order valence-electron chi connectivity index (χ4n) is 1.26. The third-order valence-electron chi connectivity index (χ3n) is 2.07. The summed E-state index contributed by atoms with van der Waals surface area (Å²) in [5, 5.41) is 2.29. The molecule has 0 atom stereocenters. The zero-order chi connectivity index (χ0) is 12.8. The van der Waals surface area contributed by atoms with E-state index in [0.717, 1.165) is 5.56 Å². The van der Waals surface area contributed by atoms with E-state index < -0.39 is 17.7 Å². The molecule has 1 rings (SSSR count). The molecule has 0 saturated carbocycles. The Balaban J connectivity index is 2.61. The van der Waals surface area contributed by atoms with Crippen molar-refractivity contribution in [1.82, 2.24) is 5.32 Å². The number of amides is 1. The van der Waals surface area contributed by atoms with Crippen LogP contribution in [0, 0.1) is 12.7 Å². The first-order valence-electron chi connectivity index (χ1n) is 5.24. The summed E-state index contributed by atoms with van der Waals surface area (Å²) in [5.74, 6) is -1.78. The molecule has 1 amide bonds. The molecule has 0 heterocycles. The van der Waals surface area contributed by atoms with Crippen molar-refractivity contribution >= 4 is 11.9 Å². The smallest absolute Gasteiger partial charge is 0.325 e. The van der Waals surface area contributed by atoms with E-state index in [-0.39, 0.29) is 18.7 Å². The number of nitrogens with one attached hydrogen (secondary N) is 1. The van der Waals surface area contributed by atoms with Gasteiger partial charge in [0.15, 0.2) is 0 Å². The molecule has 0 unspecified atom stereocenters. The van der Waals surface area contributed by atoms with Crippen LogP contribution in [0.2, 0.25) is 0 Å². The summed E-state index contributed by atoms with van der Waals surface area (Å²) >= 11 is 0. The summed E-state index contributed by atoms with van der Waals surface area (Å²) in [6.07, 6.45) is 0. The molecular weight excluding hydrogens is 225 g/mol. The van der Waals surface area contributed by atoms with Crippen LogP contribution < -0.4 is 5.32 Å². The van der Waals surface area contributed by atoms with Gasteiger partial charge in [0, 0.05) is 0 Å². The first-order chi connectivity index (χ1) is 8.04. The molecule has 17 heavy (non-hydrogen) atoms. The van der Waals surface area contributed by atoms with E-state index in [2.05, 4.69) is 10.1 Å². The van der Waals surface area contributed by atoms with Gasteiger partial charge in [-0.25, -0.2) is 4.39 Å². The molecule has 0 aliphatic heterocycles. The summed E-state index contributed by atoms with van der Waals surface area (Å²) in [7, 11) is 0. The van der Waals surface area contributed by atoms with Crippen molar-refractivity contribution in [2.75, 3.05) is 13.2 Å². The van der Waals surface area contributed by atoms with Crippen molar-refractivity contribution in [2.24, 2.45) is 0 Å². The van der Waals surface area contributed by atoms with Gasteiger partial charge in [-0.15, -0.1) is 0 Å². The van der Waals surface area contributed by atoms with Gasteiger partial charge in [-0.3, -0.25) is 9.59 Å². The van der Waals surface area contributed by atoms with Gasteiger partial charge in [0.25, 0.3) is 5.91 Å². The van der Waals surface area contributed by atoms with E-state index in [4.69, 9.17) is 0 Å². The minimum atomic E-state index is -0.629. The summed E-state index contributed by atoms with van der Waals surface area (Å²) in [4.78, 5) is 22.5. The SMILES string of the molecule is CCOC(=O)CNC(=O)c1ccc(C)cc1F. The second-order valence-electron chi connectivity index (χ2n) is 3.47. The average molecular weight is 239 g/mol. The van der Waals surface area contributed by atoms with Crippen LogP contribution in [0.4, 0.5) is 4.39 Å². The van der Waals surface area contributed by atoms with E-state index in [1.54, 1.807) is 19.9 Å². The van der Waals surface area contributed by atoms with Crippen LogP contribution >= 0.6 is 0 Å². The Labute approximate surface area is 98.8 Å². The summed E-state index contributed by atoms with van der Waals surface area (Å²) < 4.78 is 18.0. The fourth-order valence-corrected chi connectivity index (χ4v) is 1.26. The molecule has 0 aromatic heterocycles. The van der Waals surface area contributed by atoms with Crippen LogP contribution in [-0.2, 0) is 9.53 Å². The van der Waals surface area contributed by atoms with Crippen molar-refractivity contribution in [3.05, 3.63) is 35.1 Å². The molecule has 0 aliphatic carbocycles. The van der Waals surface area contributed by atoms with Gasteiger partial charge in [0.2, 0.25) is 0 Å². The van der Waals surface area contributed by atoms with Crippen molar-refractivity contribution in [1.29, 1.82) is 0 Å². The highest BCUT2D eigenvalue weighted by atomic mass is 19.1. The maximum Gasteiger partial charge on any atom is 0.325 e. The maximum absolute atomic E-state index is 13.4.